The molecule has 0 aliphatic carbocycles. The number of benzene rings is 3. The minimum absolute atomic E-state index is 0.288. The van der Waals surface area contributed by atoms with Gasteiger partial charge in [-0.25, -0.2) is 4.39 Å². The molecule has 0 unspecified atom stereocenters. The van der Waals surface area contributed by atoms with Crippen LogP contribution in [-0.4, -0.2) is 15.9 Å². The van der Waals surface area contributed by atoms with Crippen LogP contribution in [0.15, 0.2) is 90.2 Å². The van der Waals surface area contributed by atoms with Crippen LogP contribution in [0.4, 0.5) is 10.2 Å². The monoisotopic (exact) mass is 382 g/mol. The van der Waals surface area contributed by atoms with Crippen LogP contribution in [0.5, 0.6) is 0 Å². The lowest BCUT2D eigenvalue weighted by atomic mass is 10.1. The number of aryl methyl sites for hydroxylation is 1. The van der Waals surface area contributed by atoms with Gasteiger partial charge in [0.05, 0.1) is 11.9 Å². The number of hydrogen-bond donors (Lipinski definition) is 1. The lowest BCUT2D eigenvalue weighted by Gasteiger charge is -2.06. The Balaban J connectivity index is 1.69. The van der Waals surface area contributed by atoms with Crippen LogP contribution >= 0.6 is 0 Å². The summed E-state index contributed by atoms with van der Waals surface area (Å²) in [5.74, 6) is 0.273. The summed E-state index contributed by atoms with van der Waals surface area (Å²) in [6.07, 6.45) is 5.57. The molecule has 0 saturated carbocycles. The summed E-state index contributed by atoms with van der Waals surface area (Å²) >= 11 is 0. The van der Waals surface area contributed by atoms with Crippen LogP contribution in [0.25, 0.3) is 16.8 Å². The largest absolute Gasteiger partial charge is 0.259 e. The highest BCUT2D eigenvalue weighted by molar-refractivity contribution is 6.11. The molecule has 3 aromatic carbocycles. The van der Waals surface area contributed by atoms with Crippen LogP contribution in [0.1, 0.15) is 16.7 Å². The molecule has 142 valence electrons. The van der Waals surface area contributed by atoms with Crippen molar-refractivity contribution < 1.29 is 4.39 Å². The van der Waals surface area contributed by atoms with E-state index >= 15 is 0 Å². The van der Waals surface area contributed by atoms with Crippen molar-refractivity contribution in [1.29, 1.82) is 0 Å². The summed E-state index contributed by atoms with van der Waals surface area (Å²) in [7, 11) is 0. The molecule has 4 nitrogen and oxygen atoms in total. The highest BCUT2D eigenvalue weighted by atomic mass is 19.1. The third-order valence-electron chi connectivity index (χ3n) is 4.50. The van der Waals surface area contributed by atoms with Gasteiger partial charge in [0.1, 0.15) is 5.82 Å². The van der Waals surface area contributed by atoms with E-state index in [0.29, 0.717) is 11.5 Å². The maximum atomic E-state index is 13.4. The predicted molar refractivity (Wildman–Crippen MR) is 116 cm³/mol. The van der Waals surface area contributed by atoms with Gasteiger partial charge in [0.2, 0.25) is 0 Å². The standard InChI is InChI=1S/C24H19FN4/c1-17-6-8-18(9-7-17)10-15-23(19-11-13-21(25)14-12-19)27-29-24-22-5-3-2-4-20(22)16-26-28-24/h2-16H,1H3,(H,28,29)/b15-10+,27-23+. The van der Waals surface area contributed by atoms with E-state index in [4.69, 9.17) is 0 Å². The fourth-order valence-electron chi connectivity index (χ4n) is 2.90. The van der Waals surface area contributed by atoms with Gasteiger partial charge in [-0.05, 0) is 42.8 Å². The molecule has 0 radical (unpaired) electrons. The van der Waals surface area contributed by atoms with E-state index in [1.807, 2.05) is 55.5 Å². The molecule has 0 spiro atoms. The molecule has 4 aromatic rings. The van der Waals surface area contributed by atoms with Crippen molar-refractivity contribution in [1.82, 2.24) is 10.2 Å². The molecule has 5 heteroatoms. The van der Waals surface area contributed by atoms with E-state index in [9.17, 15) is 4.39 Å². The van der Waals surface area contributed by atoms with E-state index in [1.165, 1.54) is 17.7 Å². The molecule has 29 heavy (non-hydrogen) atoms. The summed E-state index contributed by atoms with van der Waals surface area (Å²) in [5, 5.41) is 14.6. The second-order valence-corrected chi connectivity index (χ2v) is 6.64. The predicted octanol–water partition coefficient (Wildman–Crippen LogP) is 5.61. The number of allylic oxidation sites excluding steroid dienone is 1. The lowest BCUT2D eigenvalue weighted by molar-refractivity contribution is 0.628. The number of fused-ring (bicyclic) bond motifs is 1. The molecular formula is C24H19FN4. The molecule has 1 N–H and O–H groups in total. The van der Waals surface area contributed by atoms with Crippen molar-refractivity contribution >= 4 is 28.4 Å². The van der Waals surface area contributed by atoms with Crippen molar-refractivity contribution in [3.63, 3.8) is 0 Å². The zero-order valence-corrected chi connectivity index (χ0v) is 15.9. The quantitative estimate of drug-likeness (QED) is 0.361. The maximum absolute atomic E-state index is 13.4. The Kier molecular flexibility index (Phi) is 5.38. The van der Waals surface area contributed by atoms with Gasteiger partial charge < -0.3 is 0 Å². The molecule has 0 saturated heterocycles. The van der Waals surface area contributed by atoms with E-state index in [-0.39, 0.29) is 5.82 Å². The van der Waals surface area contributed by atoms with Crippen LogP contribution in [0, 0.1) is 12.7 Å². The zero-order valence-electron chi connectivity index (χ0n) is 15.9. The Bertz CT molecular complexity index is 1170. The molecular weight excluding hydrogens is 363 g/mol. The Morgan fingerprint density at radius 1 is 0.966 bits per heavy atom. The van der Waals surface area contributed by atoms with E-state index in [0.717, 1.165) is 21.9 Å². The number of nitrogens with one attached hydrogen (secondary N) is 1. The average Bonchev–Trinajstić information content (AvgIpc) is 2.76. The summed E-state index contributed by atoms with van der Waals surface area (Å²) < 4.78 is 13.4. The summed E-state index contributed by atoms with van der Waals surface area (Å²) in [6, 6.07) is 22.2. The molecule has 1 heterocycles. The first-order valence-corrected chi connectivity index (χ1v) is 9.24. The molecule has 0 aliphatic rings. The maximum Gasteiger partial charge on any atom is 0.176 e. The average molecular weight is 382 g/mol. The number of aromatic nitrogens is 2. The van der Waals surface area contributed by atoms with Crippen molar-refractivity contribution in [2.45, 2.75) is 6.92 Å². The van der Waals surface area contributed by atoms with Crippen LogP contribution in [0.2, 0.25) is 0 Å². The molecule has 0 bridgehead atoms. The Labute approximate surface area is 168 Å². The zero-order chi connectivity index (χ0) is 20.1. The third-order valence-corrected chi connectivity index (χ3v) is 4.50. The minimum Gasteiger partial charge on any atom is -0.259 e. The Hall–Kier alpha value is -3.86. The summed E-state index contributed by atoms with van der Waals surface area (Å²) in [6.45, 7) is 2.05. The third kappa shape index (κ3) is 4.52. The number of nitrogens with zero attached hydrogens (tertiary/aromatic N) is 3. The summed E-state index contributed by atoms with van der Waals surface area (Å²) in [4.78, 5) is 0. The van der Waals surface area contributed by atoms with E-state index < -0.39 is 0 Å². The second-order valence-electron chi connectivity index (χ2n) is 6.64. The van der Waals surface area contributed by atoms with Gasteiger partial charge >= 0.3 is 0 Å². The van der Waals surface area contributed by atoms with Gasteiger partial charge in [-0.15, -0.1) is 5.10 Å². The topological polar surface area (TPSA) is 50.2 Å². The first kappa shape index (κ1) is 18.5. The van der Waals surface area contributed by atoms with Crippen molar-refractivity contribution in [3.8, 4) is 0 Å². The van der Waals surface area contributed by atoms with Gasteiger partial charge in [-0.2, -0.15) is 10.2 Å². The van der Waals surface area contributed by atoms with Gasteiger partial charge in [0, 0.05) is 16.3 Å². The Morgan fingerprint density at radius 3 is 2.52 bits per heavy atom. The number of rotatable bonds is 5. The molecule has 0 aliphatic heterocycles. The first-order valence-electron chi connectivity index (χ1n) is 9.24. The normalized spacial score (nSPS) is 11.9. The number of hydrogen-bond acceptors (Lipinski definition) is 4. The molecule has 0 atom stereocenters. The van der Waals surface area contributed by atoms with Crippen molar-refractivity contribution in [2.24, 2.45) is 5.10 Å². The smallest absolute Gasteiger partial charge is 0.176 e. The number of halogens is 1. The molecule has 0 amide bonds. The highest BCUT2D eigenvalue weighted by Crippen LogP contribution is 2.19. The van der Waals surface area contributed by atoms with Crippen LogP contribution in [0.3, 0.4) is 0 Å². The molecule has 4 rings (SSSR count). The minimum atomic E-state index is -0.288. The summed E-state index contributed by atoms with van der Waals surface area (Å²) in [5.41, 5.74) is 6.71. The molecule has 0 fully saturated rings. The highest BCUT2D eigenvalue weighted by Gasteiger charge is 2.04. The Morgan fingerprint density at radius 2 is 1.72 bits per heavy atom. The van der Waals surface area contributed by atoms with Gasteiger partial charge in [0.25, 0.3) is 0 Å². The fourth-order valence-corrected chi connectivity index (χ4v) is 2.90. The van der Waals surface area contributed by atoms with Gasteiger partial charge in [0.15, 0.2) is 5.82 Å². The second kappa shape index (κ2) is 8.44. The first-order chi connectivity index (χ1) is 14.2. The van der Waals surface area contributed by atoms with Crippen LogP contribution < -0.4 is 5.43 Å². The fraction of sp³-hybridized carbons (Fsp3) is 0.0417. The van der Waals surface area contributed by atoms with Crippen LogP contribution in [-0.2, 0) is 0 Å². The number of hydrazone groups is 1. The van der Waals surface area contributed by atoms with Gasteiger partial charge in [-0.1, -0.05) is 60.2 Å². The van der Waals surface area contributed by atoms with E-state index in [2.05, 4.69) is 32.9 Å². The van der Waals surface area contributed by atoms with Crippen molar-refractivity contribution in [2.75, 3.05) is 5.43 Å². The van der Waals surface area contributed by atoms with Gasteiger partial charge in [-0.3, -0.25) is 5.43 Å². The van der Waals surface area contributed by atoms with Crippen molar-refractivity contribution in [3.05, 3.63) is 108 Å². The lowest BCUT2D eigenvalue weighted by Crippen LogP contribution is -2.03. The van der Waals surface area contributed by atoms with E-state index in [1.54, 1.807) is 18.3 Å². The number of anilines is 1. The molecule has 1 aromatic heterocycles. The SMILES string of the molecule is Cc1ccc(/C=C/C(=N\Nc2nncc3ccccc23)c2ccc(F)cc2)cc1.